The molecule has 1 aliphatic carbocycles. The van der Waals surface area contributed by atoms with Gasteiger partial charge in [0.25, 0.3) is 5.91 Å². The van der Waals surface area contributed by atoms with Crippen LogP contribution in [0.4, 0.5) is 18.0 Å². The topological polar surface area (TPSA) is 113 Å². The quantitative estimate of drug-likeness (QED) is 0.565. The number of aromatic nitrogens is 4. The van der Waals surface area contributed by atoms with Gasteiger partial charge in [0.15, 0.2) is 11.4 Å². The van der Waals surface area contributed by atoms with Crippen molar-refractivity contribution in [3.63, 3.8) is 0 Å². The van der Waals surface area contributed by atoms with Gasteiger partial charge in [0.05, 0.1) is 7.18 Å². The third kappa shape index (κ3) is 2.65. The first-order valence-corrected chi connectivity index (χ1v) is 8.36. The number of fused-ring (bicyclic) bond motifs is 5. The van der Waals surface area contributed by atoms with Crippen LogP contribution in [0.15, 0.2) is 30.3 Å². The molecule has 0 saturated carbocycles. The van der Waals surface area contributed by atoms with E-state index in [9.17, 15) is 22.8 Å². The van der Waals surface area contributed by atoms with E-state index in [4.69, 9.17) is 0 Å². The summed E-state index contributed by atoms with van der Waals surface area (Å²) in [4.78, 5) is 24.6. The zero-order chi connectivity index (χ0) is 20.8. The number of hydrogen-bond acceptors (Lipinski definition) is 5. The fourth-order valence-corrected chi connectivity index (χ4v) is 3.87. The zero-order valence-electron chi connectivity index (χ0n) is 14.9. The van der Waals surface area contributed by atoms with Gasteiger partial charge in [-0.15, -0.1) is 10.2 Å². The van der Waals surface area contributed by atoms with Gasteiger partial charge in [0.1, 0.15) is 11.6 Å². The summed E-state index contributed by atoms with van der Waals surface area (Å²) in [6.45, 7) is 0. The van der Waals surface area contributed by atoms with Crippen LogP contribution in [0.5, 0.6) is 0 Å². The fourth-order valence-electron chi connectivity index (χ4n) is 3.87. The number of halogens is 3. The van der Waals surface area contributed by atoms with Crippen molar-refractivity contribution in [2.75, 3.05) is 7.18 Å². The van der Waals surface area contributed by atoms with Crippen LogP contribution in [-0.4, -0.2) is 39.7 Å². The molecule has 29 heavy (non-hydrogen) atoms. The Bertz CT molecular complexity index is 1130. The van der Waals surface area contributed by atoms with Gasteiger partial charge >= 0.3 is 6.03 Å². The molecule has 1 spiro atoms. The molecular formula is C18H13F3N6O2. The molecule has 1 atom stereocenters. The highest BCUT2D eigenvalue weighted by Gasteiger charge is 2.55. The minimum absolute atomic E-state index is 0.138. The Morgan fingerprint density at radius 3 is 2.45 bits per heavy atom. The number of imide groups is 1. The van der Waals surface area contributed by atoms with Gasteiger partial charge in [-0.1, -0.05) is 11.3 Å². The number of rotatable bonds is 2. The van der Waals surface area contributed by atoms with Crippen LogP contribution < -0.4 is 10.6 Å². The van der Waals surface area contributed by atoms with Crippen LogP contribution in [0.1, 0.15) is 22.5 Å². The Morgan fingerprint density at radius 1 is 1.03 bits per heavy atom. The van der Waals surface area contributed by atoms with Crippen molar-refractivity contribution >= 4 is 11.9 Å². The monoisotopic (exact) mass is 402 g/mol. The number of urea groups is 1. The number of H-pyrrole nitrogens is 1. The van der Waals surface area contributed by atoms with Gasteiger partial charge in [0, 0.05) is 17.5 Å². The summed E-state index contributed by atoms with van der Waals surface area (Å²) in [5.74, 6) is -1.54. The average Bonchev–Trinajstić information content (AvgIpc) is 3.37. The Balaban J connectivity index is 0.000000994. The number of benzene rings is 2. The first-order valence-electron chi connectivity index (χ1n) is 8.36. The summed E-state index contributed by atoms with van der Waals surface area (Å²) in [5.41, 5.74) is 0.365. The van der Waals surface area contributed by atoms with Crippen LogP contribution in [0, 0.1) is 11.6 Å². The molecule has 3 amide bonds. The van der Waals surface area contributed by atoms with E-state index in [0.29, 0.717) is 29.7 Å². The van der Waals surface area contributed by atoms with E-state index in [0.717, 1.165) is 0 Å². The normalized spacial score (nSPS) is 18.6. The van der Waals surface area contributed by atoms with Crippen molar-refractivity contribution in [3.05, 3.63) is 64.5 Å². The summed E-state index contributed by atoms with van der Waals surface area (Å²) >= 11 is 0. The summed E-state index contributed by atoms with van der Waals surface area (Å²) in [6, 6.07) is 5.68. The first-order chi connectivity index (χ1) is 14.0. The van der Waals surface area contributed by atoms with Crippen LogP contribution in [-0.2, 0) is 16.8 Å². The number of carbonyl (C=O) groups excluding carboxylic acids is 2. The third-order valence-electron chi connectivity index (χ3n) is 4.85. The van der Waals surface area contributed by atoms with Crippen LogP contribution in [0.2, 0.25) is 0 Å². The van der Waals surface area contributed by atoms with E-state index in [1.54, 1.807) is 0 Å². The van der Waals surface area contributed by atoms with Gasteiger partial charge in [-0.25, -0.2) is 13.6 Å². The molecule has 2 aliphatic rings. The number of amides is 3. The molecule has 1 fully saturated rings. The van der Waals surface area contributed by atoms with Crippen molar-refractivity contribution in [1.29, 1.82) is 0 Å². The lowest BCUT2D eigenvalue weighted by molar-refractivity contribution is -0.122. The molecule has 2 heterocycles. The maximum absolute atomic E-state index is 14.4. The fraction of sp³-hybridized carbons (Fsp3) is 0.167. The second kappa shape index (κ2) is 6.69. The van der Waals surface area contributed by atoms with Crippen molar-refractivity contribution in [2.24, 2.45) is 0 Å². The predicted molar refractivity (Wildman–Crippen MR) is 93.3 cm³/mol. The zero-order valence-corrected chi connectivity index (χ0v) is 14.9. The standard InChI is InChI=1S/C17H10F2N6O2.CH3F/c18-8-1-2-10-11(5-8)17(15(26)20-16(27)21-17)12-6-9(19)3-7(14(10)12)4-13-22-24-25-23-13;1-2/h1-3,5-6H,4H2,(H2,20,21,26,27)(H,22,23,24,25);1H3. The van der Waals surface area contributed by atoms with Crippen molar-refractivity contribution in [2.45, 2.75) is 12.0 Å². The highest BCUT2D eigenvalue weighted by atomic mass is 19.1. The second-order valence-corrected chi connectivity index (χ2v) is 6.34. The number of nitrogens with one attached hydrogen (secondary N) is 3. The Labute approximate surface area is 161 Å². The van der Waals surface area contributed by atoms with Gasteiger partial charge in [-0.3, -0.25) is 14.5 Å². The first kappa shape index (κ1) is 18.6. The number of carbonyl (C=O) groups is 2. The largest absolute Gasteiger partial charge is 0.322 e. The maximum atomic E-state index is 14.4. The molecule has 1 aromatic heterocycles. The summed E-state index contributed by atoms with van der Waals surface area (Å²) in [6.07, 6.45) is 0.138. The molecule has 8 nitrogen and oxygen atoms in total. The van der Waals surface area contributed by atoms with Crippen molar-refractivity contribution < 1.29 is 22.8 Å². The van der Waals surface area contributed by atoms with E-state index >= 15 is 0 Å². The summed E-state index contributed by atoms with van der Waals surface area (Å²) < 4.78 is 37.9. The molecule has 0 bridgehead atoms. The van der Waals surface area contributed by atoms with Crippen LogP contribution >= 0.6 is 0 Å². The minimum Gasteiger partial charge on any atom is -0.316 e. The minimum atomic E-state index is -1.68. The Morgan fingerprint density at radius 2 is 1.79 bits per heavy atom. The lowest BCUT2D eigenvalue weighted by atomic mass is 9.87. The van der Waals surface area contributed by atoms with Gasteiger partial charge in [-0.05, 0) is 41.0 Å². The molecule has 2 aromatic carbocycles. The Hall–Kier alpha value is -3.76. The van der Waals surface area contributed by atoms with Gasteiger partial charge in [-0.2, -0.15) is 5.21 Å². The number of nitrogens with zero attached hydrogens (tertiary/aromatic N) is 3. The summed E-state index contributed by atoms with van der Waals surface area (Å²) in [5, 5.41) is 18.3. The lowest BCUT2D eigenvalue weighted by Gasteiger charge is -2.23. The molecule has 5 rings (SSSR count). The van der Waals surface area contributed by atoms with E-state index < -0.39 is 29.1 Å². The van der Waals surface area contributed by atoms with Crippen molar-refractivity contribution in [3.8, 4) is 11.1 Å². The second-order valence-electron chi connectivity index (χ2n) is 6.34. The smallest absolute Gasteiger partial charge is 0.316 e. The molecular weight excluding hydrogens is 389 g/mol. The molecule has 1 saturated heterocycles. The molecule has 1 unspecified atom stereocenters. The highest BCUT2D eigenvalue weighted by molar-refractivity contribution is 6.13. The third-order valence-corrected chi connectivity index (χ3v) is 4.85. The van der Waals surface area contributed by atoms with E-state index in [2.05, 4.69) is 31.3 Å². The molecule has 0 radical (unpaired) electrons. The SMILES string of the molecule is CF.O=C1NC(=O)C2(N1)c1cc(F)ccc1-c1c(Cc3nn[nH]n3)cc(F)cc12. The average molecular weight is 402 g/mol. The van der Waals surface area contributed by atoms with Gasteiger partial charge < -0.3 is 5.32 Å². The lowest BCUT2D eigenvalue weighted by Crippen LogP contribution is -2.43. The van der Waals surface area contributed by atoms with E-state index in [1.165, 1.54) is 30.3 Å². The van der Waals surface area contributed by atoms with Crippen LogP contribution in [0.25, 0.3) is 11.1 Å². The van der Waals surface area contributed by atoms with Gasteiger partial charge in [0.2, 0.25) is 0 Å². The molecule has 3 aromatic rings. The van der Waals surface area contributed by atoms with E-state index in [1.807, 2.05) is 0 Å². The maximum Gasteiger partial charge on any atom is 0.322 e. The van der Waals surface area contributed by atoms with Crippen molar-refractivity contribution in [1.82, 2.24) is 31.3 Å². The van der Waals surface area contributed by atoms with E-state index in [-0.39, 0.29) is 17.5 Å². The number of alkyl halides is 1. The predicted octanol–water partition coefficient (Wildman–Crippen LogP) is 1.72. The van der Waals surface area contributed by atoms with Crippen LogP contribution in [0.3, 0.4) is 0 Å². The Kier molecular flexibility index (Phi) is 4.29. The number of tetrazole rings is 1. The molecule has 11 heteroatoms. The molecule has 148 valence electrons. The molecule has 3 N–H and O–H groups in total. The molecule has 1 aliphatic heterocycles. The number of aromatic amines is 1. The summed E-state index contributed by atoms with van der Waals surface area (Å²) in [7, 11) is 0.500. The number of hydrogen-bond donors (Lipinski definition) is 3. The highest BCUT2D eigenvalue weighted by Crippen LogP contribution is 2.51.